The molecule has 2 aromatic rings. The predicted octanol–water partition coefficient (Wildman–Crippen LogP) is 2.98. The van der Waals surface area contributed by atoms with E-state index < -0.39 is 12.6 Å². The van der Waals surface area contributed by atoms with Crippen LogP contribution < -0.4 is 0 Å². The summed E-state index contributed by atoms with van der Waals surface area (Å²) >= 11 is 0. The number of hydrogen-bond donors (Lipinski definition) is 0. The van der Waals surface area contributed by atoms with Crippen LogP contribution in [0.25, 0.3) is 11.3 Å². The molecule has 0 amide bonds. The minimum atomic E-state index is -4.07. The monoisotopic (exact) mass is 350 g/mol. The summed E-state index contributed by atoms with van der Waals surface area (Å²) in [7, 11) is 0. The average Bonchev–Trinajstić information content (AvgIpc) is 3.13. The molecule has 0 saturated carbocycles. The van der Waals surface area contributed by atoms with Gasteiger partial charge in [-0.3, -0.25) is 9.58 Å². The van der Waals surface area contributed by atoms with Gasteiger partial charge in [0.1, 0.15) is 0 Å². The molecule has 4 rings (SSSR count). The van der Waals surface area contributed by atoms with Crippen LogP contribution in [-0.2, 0) is 13.1 Å². The molecular formula is C18H21F3N4. The smallest absolute Gasteiger partial charge is 0.300 e. The molecule has 0 radical (unpaired) electrons. The summed E-state index contributed by atoms with van der Waals surface area (Å²) in [6.07, 6.45) is -1.93. The van der Waals surface area contributed by atoms with Gasteiger partial charge in [0.15, 0.2) is 0 Å². The van der Waals surface area contributed by atoms with Crippen molar-refractivity contribution in [2.75, 3.05) is 32.7 Å². The van der Waals surface area contributed by atoms with Crippen LogP contribution in [0, 0.1) is 0 Å². The van der Waals surface area contributed by atoms with E-state index in [2.05, 4.69) is 28.2 Å². The summed E-state index contributed by atoms with van der Waals surface area (Å²) in [5, 5.41) is 4.53. The Hall–Kier alpha value is -1.86. The number of hydrogen-bond acceptors (Lipinski definition) is 3. The van der Waals surface area contributed by atoms with Gasteiger partial charge in [-0.05, 0) is 5.56 Å². The number of piperazine rings is 1. The van der Waals surface area contributed by atoms with E-state index in [1.165, 1.54) is 22.4 Å². The minimum Gasteiger partial charge on any atom is -0.300 e. The van der Waals surface area contributed by atoms with Crippen molar-refractivity contribution >= 4 is 0 Å². The second-order valence-corrected chi connectivity index (χ2v) is 6.82. The molecule has 0 N–H and O–H groups in total. The molecule has 25 heavy (non-hydrogen) atoms. The third-order valence-corrected chi connectivity index (χ3v) is 5.08. The van der Waals surface area contributed by atoms with E-state index in [1.54, 1.807) is 0 Å². The molecule has 1 aliphatic heterocycles. The van der Waals surface area contributed by atoms with Crippen molar-refractivity contribution in [1.82, 2.24) is 19.6 Å². The Kier molecular flexibility index (Phi) is 4.29. The summed E-state index contributed by atoms with van der Waals surface area (Å²) in [4.78, 5) is 4.16. The van der Waals surface area contributed by atoms with Gasteiger partial charge in [0.2, 0.25) is 0 Å². The molecule has 0 bridgehead atoms. The van der Waals surface area contributed by atoms with Gasteiger partial charge in [0.05, 0.1) is 25.0 Å². The fourth-order valence-corrected chi connectivity index (χ4v) is 3.71. The van der Waals surface area contributed by atoms with Gasteiger partial charge in [-0.2, -0.15) is 18.3 Å². The molecular weight excluding hydrogens is 329 g/mol. The quantitative estimate of drug-likeness (QED) is 0.723. The first-order chi connectivity index (χ1) is 12.0. The highest BCUT2D eigenvalue weighted by atomic mass is 19.4. The second-order valence-electron chi connectivity index (χ2n) is 6.82. The van der Waals surface area contributed by atoms with E-state index in [0.29, 0.717) is 19.8 Å². The van der Waals surface area contributed by atoms with E-state index in [0.717, 1.165) is 19.5 Å². The second kappa shape index (κ2) is 6.46. The van der Waals surface area contributed by atoms with Crippen molar-refractivity contribution < 1.29 is 13.2 Å². The molecule has 1 saturated heterocycles. The Labute approximate surface area is 144 Å². The molecule has 0 spiro atoms. The van der Waals surface area contributed by atoms with Gasteiger partial charge in [0, 0.05) is 50.3 Å². The molecule has 134 valence electrons. The molecule has 1 fully saturated rings. The first-order valence-electron chi connectivity index (χ1n) is 8.64. The number of aromatic nitrogens is 2. The highest BCUT2D eigenvalue weighted by molar-refractivity contribution is 5.73. The SMILES string of the molecule is FC(F)(F)CCN1CCN(Cn2ncc3c2-c2ccccc2C3)CC1. The zero-order valence-corrected chi connectivity index (χ0v) is 14.0. The Morgan fingerprint density at radius 1 is 0.960 bits per heavy atom. The number of nitrogens with zero attached hydrogens (tertiary/aromatic N) is 4. The fourth-order valence-electron chi connectivity index (χ4n) is 3.71. The molecule has 4 nitrogen and oxygen atoms in total. The Morgan fingerprint density at radius 3 is 2.44 bits per heavy atom. The fraction of sp³-hybridized carbons (Fsp3) is 0.500. The van der Waals surface area contributed by atoms with E-state index in [9.17, 15) is 13.2 Å². The lowest BCUT2D eigenvalue weighted by Crippen LogP contribution is -2.47. The van der Waals surface area contributed by atoms with Gasteiger partial charge in [0.25, 0.3) is 0 Å². The third kappa shape index (κ3) is 3.57. The van der Waals surface area contributed by atoms with Crippen LogP contribution in [0.4, 0.5) is 13.2 Å². The summed E-state index contributed by atoms with van der Waals surface area (Å²) in [5.74, 6) is 0. The minimum absolute atomic E-state index is 0.0991. The zero-order valence-electron chi connectivity index (χ0n) is 14.0. The summed E-state index contributed by atoms with van der Waals surface area (Å²) in [6.45, 7) is 3.69. The van der Waals surface area contributed by atoms with Crippen LogP contribution in [0.3, 0.4) is 0 Å². The summed E-state index contributed by atoms with van der Waals surface area (Å²) < 4.78 is 39.1. The first-order valence-corrected chi connectivity index (χ1v) is 8.64. The Bertz CT molecular complexity index is 745. The largest absolute Gasteiger partial charge is 0.390 e. The van der Waals surface area contributed by atoms with Gasteiger partial charge in [-0.25, -0.2) is 0 Å². The Morgan fingerprint density at radius 2 is 1.68 bits per heavy atom. The lowest BCUT2D eigenvalue weighted by Gasteiger charge is -2.34. The van der Waals surface area contributed by atoms with Crippen molar-refractivity contribution in [1.29, 1.82) is 0 Å². The van der Waals surface area contributed by atoms with Gasteiger partial charge < -0.3 is 4.90 Å². The number of alkyl halides is 3. The highest BCUT2D eigenvalue weighted by Gasteiger charge is 2.29. The maximum Gasteiger partial charge on any atom is 0.390 e. The molecule has 2 aliphatic rings. The van der Waals surface area contributed by atoms with Gasteiger partial charge in [-0.15, -0.1) is 0 Å². The van der Waals surface area contributed by atoms with Crippen LogP contribution in [0.15, 0.2) is 30.5 Å². The summed E-state index contributed by atoms with van der Waals surface area (Å²) in [6, 6.07) is 8.39. The van der Waals surface area contributed by atoms with E-state index >= 15 is 0 Å². The third-order valence-electron chi connectivity index (χ3n) is 5.08. The lowest BCUT2D eigenvalue weighted by molar-refractivity contribution is -0.138. The maximum atomic E-state index is 12.3. The molecule has 0 unspecified atom stereocenters. The van der Waals surface area contributed by atoms with Crippen molar-refractivity contribution in [3.63, 3.8) is 0 Å². The number of halogens is 3. The predicted molar refractivity (Wildman–Crippen MR) is 89.2 cm³/mol. The van der Waals surface area contributed by atoms with Crippen LogP contribution in [-0.4, -0.2) is 58.5 Å². The number of rotatable bonds is 4. The van der Waals surface area contributed by atoms with Crippen LogP contribution in [0.5, 0.6) is 0 Å². The van der Waals surface area contributed by atoms with Crippen LogP contribution >= 0.6 is 0 Å². The molecule has 1 aliphatic carbocycles. The standard InChI is InChI=1S/C18H21F3N4/c19-18(20,21)5-6-23-7-9-24(10-8-23)13-25-17-15(12-22-25)11-14-3-1-2-4-16(14)17/h1-4,12H,5-11,13H2. The molecule has 0 atom stereocenters. The van der Waals surface area contributed by atoms with Crippen LogP contribution in [0.2, 0.25) is 0 Å². The molecule has 2 heterocycles. The molecule has 7 heteroatoms. The summed E-state index contributed by atoms with van der Waals surface area (Å²) in [5.41, 5.74) is 5.03. The molecule has 1 aromatic heterocycles. The normalized spacial score (nSPS) is 18.4. The Balaban J connectivity index is 1.37. The first kappa shape index (κ1) is 16.6. The zero-order chi connectivity index (χ0) is 17.4. The maximum absolute atomic E-state index is 12.3. The number of fused-ring (bicyclic) bond motifs is 3. The van der Waals surface area contributed by atoms with Gasteiger partial charge in [-0.1, -0.05) is 24.3 Å². The van der Waals surface area contributed by atoms with Gasteiger partial charge >= 0.3 is 6.18 Å². The van der Waals surface area contributed by atoms with Crippen LogP contribution in [0.1, 0.15) is 17.5 Å². The van der Waals surface area contributed by atoms with Crippen molar-refractivity contribution in [2.45, 2.75) is 25.7 Å². The van der Waals surface area contributed by atoms with E-state index in [-0.39, 0.29) is 6.54 Å². The topological polar surface area (TPSA) is 24.3 Å². The van der Waals surface area contributed by atoms with Crippen molar-refractivity contribution in [3.05, 3.63) is 41.6 Å². The number of benzene rings is 1. The van der Waals surface area contributed by atoms with E-state index in [1.807, 2.05) is 21.8 Å². The lowest BCUT2D eigenvalue weighted by atomic mass is 10.1. The van der Waals surface area contributed by atoms with E-state index in [4.69, 9.17) is 0 Å². The van der Waals surface area contributed by atoms with Crippen molar-refractivity contribution in [3.8, 4) is 11.3 Å². The van der Waals surface area contributed by atoms with Crippen molar-refractivity contribution in [2.24, 2.45) is 0 Å². The highest BCUT2D eigenvalue weighted by Crippen LogP contribution is 2.36. The molecule has 1 aromatic carbocycles. The average molecular weight is 350 g/mol.